The van der Waals surface area contributed by atoms with E-state index in [0.29, 0.717) is 17.2 Å². The monoisotopic (exact) mass is 411 g/mol. The van der Waals surface area contributed by atoms with E-state index in [0.717, 1.165) is 22.2 Å². The van der Waals surface area contributed by atoms with E-state index in [9.17, 15) is 4.21 Å². The van der Waals surface area contributed by atoms with Crippen molar-refractivity contribution in [2.24, 2.45) is 0 Å². The Hall–Kier alpha value is -2.84. The lowest BCUT2D eigenvalue weighted by Crippen LogP contribution is -2.09. The van der Waals surface area contributed by atoms with Gasteiger partial charge in [0, 0.05) is 30.0 Å². The van der Waals surface area contributed by atoms with Gasteiger partial charge in [-0.25, -0.2) is 22.8 Å². The number of allylic oxidation sites excluding steroid dienone is 4. The van der Waals surface area contributed by atoms with Gasteiger partial charge in [0.1, 0.15) is 12.6 Å². The quantitative estimate of drug-likeness (QED) is 0.514. The van der Waals surface area contributed by atoms with E-state index in [1.165, 1.54) is 6.33 Å². The van der Waals surface area contributed by atoms with Crippen LogP contribution in [-0.2, 0) is 15.7 Å². The van der Waals surface area contributed by atoms with Crippen LogP contribution >= 0.6 is 0 Å². The smallest absolute Gasteiger partial charge is 0.157 e. The van der Waals surface area contributed by atoms with Gasteiger partial charge in [0.25, 0.3) is 0 Å². The molecule has 3 heterocycles. The van der Waals surface area contributed by atoms with E-state index in [1.54, 1.807) is 21.0 Å². The van der Waals surface area contributed by atoms with Crippen molar-refractivity contribution in [1.29, 1.82) is 0 Å². The van der Waals surface area contributed by atoms with Crippen LogP contribution in [0.1, 0.15) is 33.9 Å². The highest BCUT2D eigenvalue weighted by atomic mass is 32.2. The molecular weight excluding hydrogens is 386 g/mol. The maximum absolute atomic E-state index is 13.1. The Labute approximate surface area is 173 Å². The second-order valence-corrected chi connectivity index (χ2v) is 7.85. The molecule has 0 aliphatic heterocycles. The fourth-order valence-corrected chi connectivity index (χ4v) is 3.95. The molecule has 0 amide bonds. The minimum atomic E-state index is -1.43. The van der Waals surface area contributed by atoms with Crippen LogP contribution in [0.4, 0.5) is 0 Å². The molecule has 0 N–H and O–H groups in total. The third kappa shape index (κ3) is 4.44. The minimum absolute atomic E-state index is 0.166. The molecule has 0 radical (unpaired) electrons. The first-order valence-electron chi connectivity index (χ1n) is 9.36. The summed E-state index contributed by atoms with van der Waals surface area (Å²) in [4.78, 5) is 9.48. The zero-order valence-electron chi connectivity index (χ0n) is 17.1. The molecule has 3 aromatic rings. The molecule has 0 bridgehead atoms. The molecule has 3 aromatic heterocycles. The summed E-state index contributed by atoms with van der Waals surface area (Å²) in [6, 6.07) is 1.88. The normalized spacial score (nSPS) is 14.6. The predicted octanol–water partition coefficient (Wildman–Crippen LogP) is 4.40. The highest BCUT2D eigenvalue weighted by Crippen LogP contribution is 2.27. The summed E-state index contributed by atoms with van der Waals surface area (Å²) in [6.07, 6.45) is 12.2. The number of nitrogens with zero attached hydrogens (tertiary/aromatic N) is 5. The summed E-state index contributed by atoms with van der Waals surface area (Å²) in [7, 11) is -1.43. The lowest BCUT2D eigenvalue weighted by Gasteiger charge is -2.11. The van der Waals surface area contributed by atoms with E-state index in [1.807, 2.05) is 58.2 Å². The van der Waals surface area contributed by atoms with Crippen molar-refractivity contribution >= 4 is 22.0 Å². The molecule has 0 aliphatic carbocycles. The van der Waals surface area contributed by atoms with Gasteiger partial charge in [-0.3, -0.25) is 0 Å². The van der Waals surface area contributed by atoms with Gasteiger partial charge < -0.3 is 4.74 Å². The van der Waals surface area contributed by atoms with Crippen LogP contribution in [0, 0.1) is 0 Å². The summed E-state index contributed by atoms with van der Waals surface area (Å²) in [5, 5.41) is 5.19. The highest BCUT2D eigenvalue weighted by Gasteiger charge is 2.16. The molecule has 8 heteroatoms. The summed E-state index contributed by atoms with van der Waals surface area (Å²) in [5.74, 6) is 0. The molecule has 0 aromatic carbocycles. The molecule has 152 valence electrons. The van der Waals surface area contributed by atoms with Crippen molar-refractivity contribution in [3.8, 4) is 11.3 Å². The molecule has 2 atom stereocenters. The van der Waals surface area contributed by atoms with E-state index in [-0.39, 0.29) is 6.23 Å². The first kappa shape index (κ1) is 20.9. The third-order valence-corrected chi connectivity index (χ3v) is 5.73. The Morgan fingerprint density at radius 2 is 2.17 bits per heavy atom. The fraction of sp³-hybridized carbons (Fsp3) is 0.286. The van der Waals surface area contributed by atoms with Crippen LogP contribution < -0.4 is 0 Å². The third-order valence-electron chi connectivity index (χ3n) is 4.30. The average molecular weight is 412 g/mol. The summed E-state index contributed by atoms with van der Waals surface area (Å²) in [6.45, 7) is 12.1. The Morgan fingerprint density at radius 3 is 2.86 bits per heavy atom. The Morgan fingerprint density at radius 1 is 1.38 bits per heavy atom. The van der Waals surface area contributed by atoms with Crippen molar-refractivity contribution in [3.05, 3.63) is 66.3 Å². The van der Waals surface area contributed by atoms with Gasteiger partial charge in [0.05, 0.1) is 16.8 Å². The van der Waals surface area contributed by atoms with E-state index < -0.39 is 11.0 Å². The topological polar surface area (TPSA) is 74.8 Å². The minimum Gasteiger partial charge on any atom is -0.357 e. The van der Waals surface area contributed by atoms with E-state index in [4.69, 9.17) is 4.74 Å². The van der Waals surface area contributed by atoms with Crippen LogP contribution in [-0.4, -0.2) is 34.5 Å². The summed E-state index contributed by atoms with van der Waals surface area (Å²) in [5.41, 5.74) is 3.07. The van der Waals surface area contributed by atoms with Gasteiger partial charge in [-0.15, -0.1) is 0 Å². The number of aromatic nitrogens is 5. The summed E-state index contributed by atoms with van der Waals surface area (Å²) >= 11 is 0. The van der Waals surface area contributed by atoms with E-state index >= 15 is 0 Å². The van der Waals surface area contributed by atoms with E-state index in [2.05, 4.69) is 21.6 Å². The van der Waals surface area contributed by atoms with Crippen molar-refractivity contribution in [1.82, 2.24) is 23.7 Å². The average Bonchev–Trinajstić information content (AvgIpc) is 3.35. The molecule has 0 spiro atoms. The zero-order chi connectivity index (χ0) is 21.0. The van der Waals surface area contributed by atoms with Gasteiger partial charge in [-0.2, -0.15) is 5.10 Å². The Kier molecular flexibility index (Phi) is 6.56. The standard InChI is InChI=1S/C21H25N5O2S/c1-6-18(9-8-15(3)4)29(27)26-11-10-19-20(22-14-23-21(19)26)17-12-24-25(13-17)16(5)28-7-2/h6,8-14,16H,3,7H2,1-2,4-5H3/b9-8-,18-6+. The van der Waals surface area contributed by atoms with Crippen LogP contribution in [0.5, 0.6) is 0 Å². The first-order chi connectivity index (χ1) is 14.0. The van der Waals surface area contributed by atoms with Crippen LogP contribution in [0.15, 0.2) is 66.3 Å². The van der Waals surface area contributed by atoms with Crippen LogP contribution in [0.25, 0.3) is 22.3 Å². The molecule has 0 saturated heterocycles. The van der Waals surface area contributed by atoms with Crippen molar-refractivity contribution in [3.63, 3.8) is 0 Å². The van der Waals surface area contributed by atoms with Crippen LogP contribution in [0.2, 0.25) is 0 Å². The van der Waals surface area contributed by atoms with Gasteiger partial charge in [0.2, 0.25) is 0 Å². The van der Waals surface area contributed by atoms with Crippen molar-refractivity contribution in [2.45, 2.75) is 33.9 Å². The molecule has 3 rings (SSSR count). The van der Waals surface area contributed by atoms with Gasteiger partial charge in [-0.1, -0.05) is 24.3 Å². The molecule has 0 fully saturated rings. The maximum atomic E-state index is 13.1. The second-order valence-electron chi connectivity index (χ2n) is 6.48. The molecule has 0 saturated carbocycles. The number of hydrogen-bond acceptors (Lipinski definition) is 5. The molecule has 29 heavy (non-hydrogen) atoms. The SMILES string of the molecule is C=C(C)/C=C\C(=C/C)S(=O)n1ccc2c(-c3cnn(C(C)OCC)c3)ncnc21. The van der Waals surface area contributed by atoms with Crippen molar-refractivity contribution < 1.29 is 8.95 Å². The fourth-order valence-electron chi connectivity index (χ4n) is 2.86. The summed E-state index contributed by atoms with van der Waals surface area (Å²) < 4.78 is 22.1. The lowest BCUT2D eigenvalue weighted by atomic mass is 10.2. The molecule has 2 unspecified atom stereocenters. The first-order valence-corrected chi connectivity index (χ1v) is 10.5. The maximum Gasteiger partial charge on any atom is 0.157 e. The van der Waals surface area contributed by atoms with Crippen molar-refractivity contribution in [2.75, 3.05) is 6.61 Å². The number of fused-ring (bicyclic) bond motifs is 1. The van der Waals surface area contributed by atoms with Crippen LogP contribution in [0.3, 0.4) is 0 Å². The largest absolute Gasteiger partial charge is 0.357 e. The number of rotatable bonds is 8. The second kappa shape index (κ2) is 9.11. The zero-order valence-corrected chi connectivity index (χ0v) is 17.9. The molecule has 7 nitrogen and oxygen atoms in total. The number of ether oxygens (including phenoxy) is 1. The van der Waals surface area contributed by atoms with Gasteiger partial charge in [0.15, 0.2) is 16.6 Å². The lowest BCUT2D eigenvalue weighted by molar-refractivity contribution is 0.0160. The van der Waals surface area contributed by atoms with Gasteiger partial charge >= 0.3 is 0 Å². The van der Waals surface area contributed by atoms with Gasteiger partial charge in [-0.05, 0) is 39.8 Å². The Bertz CT molecular complexity index is 1110. The predicted molar refractivity (Wildman–Crippen MR) is 116 cm³/mol. The number of hydrogen-bond donors (Lipinski definition) is 0. The molecular formula is C21H25N5O2S. The Balaban J connectivity index is 2.00. The molecule has 0 aliphatic rings. The highest BCUT2D eigenvalue weighted by molar-refractivity contribution is 7.87.